The second-order valence-electron chi connectivity index (χ2n) is 12.5. The summed E-state index contributed by atoms with van der Waals surface area (Å²) in [6, 6.07) is 15.8. The number of unbranched alkanes of at least 4 members (excludes halogenated alkanes) is 1. The van der Waals surface area contributed by atoms with Crippen molar-refractivity contribution in [3.63, 3.8) is 0 Å². The third kappa shape index (κ3) is 7.59. The van der Waals surface area contributed by atoms with E-state index in [4.69, 9.17) is 0 Å². The molecule has 234 valence electrons. The van der Waals surface area contributed by atoms with Gasteiger partial charge in [0.15, 0.2) is 0 Å². The number of hydrogen-bond acceptors (Lipinski definition) is 5. The topological polar surface area (TPSA) is 102 Å². The number of likely N-dealkylation sites (tertiary alicyclic amines) is 1. The summed E-state index contributed by atoms with van der Waals surface area (Å²) in [6.45, 7) is 6.45. The number of piperazine rings is 1. The van der Waals surface area contributed by atoms with Crippen molar-refractivity contribution in [2.75, 3.05) is 25.0 Å². The minimum atomic E-state index is -0.825. The zero-order chi connectivity index (χ0) is 29.7. The Morgan fingerprint density at radius 1 is 1.00 bits per heavy atom. The fraction of sp³-hybridized carbons (Fsp3) is 0.559. The summed E-state index contributed by atoms with van der Waals surface area (Å²) >= 11 is 0. The van der Waals surface area contributed by atoms with Crippen LogP contribution in [0, 0.1) is 5.92 Å². The van der Waals surface area contributed by atoms with Crippen molar-refractivity contribution in [3.05, 3.63) is 65.2 Å². The Bertz CT molecular complexity index is 1240. The Balaban J connectivity index is 0.00000423. The monoisotopic (exact) mass is 610 g/mol. The number of nitrogens with zero attached hydrogens (tertiary/aromatic N) is 2. The van der Waals surface area contributed by atoms with Gasteiger partial charge in [0.05, 0.1) is 6.10 Å². The molecule has 3 amide bonds. The van der Waals surface area contributed by atoms with Gasteiger partial charge in [0, 0.05) is 38.8 Å². The first-order valence-corrected chi connectivity index (χ1v) is 15.8. The van der Waals surface area contributed by atoms with Gasteiger partial charge in [-0.05, 0) is 73.3 Å². The molecule has 0 radical (unpaired) electrons. The van der Waals surface area contributed by atoms with Gasteiger partial charge in [-0.1, -0.05) is 62.6 Å². The summed E-state index contributed by atoms with van der Waals surface area (Å²) in [5, 5.41) is 16.8. The number of aliphatic hydroxyl groups excluding tert-OH is 1. The third-order valence-corrected chi connectivity index (χ3v) is 9.51. The lowest BCUT2D eigenvalue weighted by Gasteiger charge is -2.52. The number of hydrogen-bond donors (Lipinski definition) is 3. The van der Waals surface area contributed by atoms with Crippen LogP contribution in [0.15, 0.2) is 48.5 Å². The summed E-state index contributed by atoms with van der Waals surface area (Å²) in [6.07, 6.45) is 7.01. The first-order chi connectivity index (χ1) is 20.3. The Kier molecular flexibility index (Phi) is 11.3. The zero-order valence-electron chi connectivity index (χ0n) is 25.5. The smallest absolute Gasteiger partial charge is 0.248 e. The molecule has 2 aliphatic heterocycles. The fourth-order valence-corrected chi connectivity index (χ4v) is 7.03. The molecule has 2 aromatic carbocycles. The molecule has 0 bridgehead atoms. The van der Waals surface area contributed by atoms with E-state index in [1.165, 1.54) is 23.6 Å². The number of piperidine rings is 1. The van der Waals surface area contributed by atoms with Gasteiger partial charge in [-0.3, -0.25) is 19.3 Å². The molecule has 3 fully saturated rings. The predicted octanol–water partition coefficient (Wildman–Crippen LogP) is 4.67. The third-order valence-electron chi connectivity index (χ3n) is 9.51. The van der Waals surface area contributed by atoms with Crippen LogP contribution in [0.1, 0.15) is 81.9 Å². The Morgan fingerprint density at radius 2 is 1.58 bits per heavy atom. The number of aliphatic hydroxyl groups is 1. The molecule has 8 nitrogen and oxygen atoms in total. The standard InChI is InChI=1S/C34H46N4O4.ClH/c1-3-4-19-38-32(41)30(31(40)28-7-5-6-8-28)36-33(42)34(38)17-20-37(21-18-34)23-27-11-9-25(10-12-27)22-26-13-15-29(16-14-26)35-24(2)39;/h9-16,28,30-31,40H,3-8,17-23H2,1-2H3,(H,35,39)(H,36,42);1H/t30-,31-;/m1./s1. The highest BCUT2D eigenvalue weighted by atomic mass is 35.5. The highest BCUT2D eigenvalue weighted by molar-refractivity contribution is 6.00. The summed E-state index contributed by atoms with van der Waals surface area (Å²) in [4.78, 5) is 42.9. The number of anilines is 1. The van der Waals surface area contributed by atoms with Crippen molar-refractivity contribution in [3.8, 4) is 0 Å². The molecular formula is C34H47ClN4O4. The number of carbonyl (C=O) groups excluding carboxylic acids is 3. The minimum Gasteiger partial charge on any atom is -0.390 e. The maximum atomic E-state index is 13.8. The molecule has 5 rings (SSSR count). The molecule has 2 atom stereocenters. The molecule has 9 heteroatoms. The van der Waals surface area contributed by atoms with E-state index in [0.717, 1.165) is 70.3 Å². The average molecular weight is 611 g/mol. The summed E-state index contributed by atoms with van der Waals surface area (Å²) in [7, 11) is 0. The van der Waals surface area contributed by atoms with E-state index in [-0.39, 0.29) is 36.0 Å². The Hall–Kier alpha value is -2.94. The molecule has 1 spiro atoms. The van der Waals surface area contributed by atoms with Gasteiger partial charge in [-0.15, -0.1) is 12.4 Å². The summed E-state index contributed by atoms with van der Waals surface area (Å²) < 4.78 is 0. The summed E-state index contributed by atoms with van der Waals surface area (Å²) in [5.41, 5.74) is 3.61. The van der Waals surface area contributed by atoms with Gasteiger partial charge in [-0.2, -0.15) is 0 Å². The lowest BCUT2D eigenvalue weighted by Crippen LogP contribution is -2.75. The lowest BCUT2D eigenvalue weighted by molar-refractivity contribution is -0.165. The van der Waals surface area contributed by atoms with Crippen LogP contribution in [0.25, 0.3) is 0 Å². The first-order valence-electron chi connectivity index (χ1n) is 15.8. The second-order valence-corrected chi connectivity index (χ2v) is 12.5. The van der Waals surface area contributed by atoms with Crippen LogP contribution >= 0.6 is 12.4 Å². The van der Waals surface area contributed by atoms with E-state index in [1.54, 1.807) is 0 Å². The van der Waals surface area contributed by atoms with Crippen LogP contribution in [-0.4, -0.2) is 69.9 Å². The van der Waals surface area contributed by atoms with Gasteiger partial charge in [0.2, 0.25) is 17.7 Å². The first kappa shape index (κ1) is 33.0. The number of rotatable bonds is 10. The number of halogens is 1. The van der Waals surface area contributed by atoms with Gasteiger partial charge >= 0.3 is 0 Å². The molecule has 3 aliphatic rings. The largest absolute Gasteiger partial charge is 0.390 e. The maximum Gasteiger partial charge on any atom is 0.248 e. The average Bonchev–Trinajstić information content (AvgIpc) is 3.53. The van der Waals surface area contributed by atoms with E-state index >= 15 is 0 Å². The number of amides is 3. The second kappa shape index (κ2) is 14.7. The van der Waals surface area contributed by atoms with Crippen LogP contribution in [0.4, 0.5) is 5.69 Å². The van der Waals surface area contributed by atoms with Gasteiger partial charge < -0.3 is 20.6 Å². The van der Waals surface area contributed by atoms with Crippen molar-refractivity contribution >= 4 is 35.8 Å². The van der Waals surface area contributed by atoms with Gasteiger partial charge in [0.1, 0.15) is 11.6 Å². The van der Waals surface area contributed by atoms with Crippen molar-refractivity contribution in [1.82, 2.24) is 15.1 Å². The van der Waals surface area contributed by atoms with Crippen LogP contribution in [0.5, 0.6) is 0 Å². The van der Waals surface area contributed by atoms with Crippen molar-refractivity contribution < 1.29 is 19.5 Å². The van der Waals surface area contributed by atoms with E-state index in [1.807, 2.05) is 29.2 Å². The van der Waals surface area contributed by atoms with E-state index < -0.39 is 17.7 Å². The van der Waals surface area contributed by atoms with Crippen LogP contribution in [0.3, 0.4) is 0 Å². The Morgan fingerprint density at radius 3 is 2.16 bits per heavy atom. The zero-order valence-corrected chi connectivity index (χ0v) is 26.3. The quantitative estimate of drug-likeness (QED) is 0.363. The van der Waals surface area contributed by atoms with E-state index in [9.17, 15) is 19.5 Å². The predicted molar refractivity (Wildman–Crippen MR) is 171 cm³/mol. The number of carbonyl (C=O) groups is 3. The van der Waals surface area contributed by atoms with Crippen LogP contribution < -0.4 is 10.6 Å². The fourth-order valence-electron chi connectivity index (χ4n) is 7.03. The summed E-state index contributed by atoms with van der Waals surface area (Å²) in [5.74, 6) is -0.176. The normalized spacial score (nSPS) is 21.4. The molecule has 2 saturated heterocycles. The SMILES string of the molecule is CCCCN1C(=O)[C@@H]([C@H](O)C2CCCC2)NC(=O)C12CCN(Cc1ccc(Cc3ccc(NC(C)=O)cc3)cc1)CC2.Cl. The van der Waals surface area contributed by atoms with Crippen molar-refractivity contribution in [1.29, 1.82) is 0 Å². The lowest BCUT2D eigenvalue weighted by atomic mass is 9.80. The van der Waals surface area contributed by atoms with Gasteiger partial charge in [-0.25, -0.2) is 0 Å². The molecule has 0 aromatic heterocycles. The van der Waals surface area contributed by atoms with E-state index in [2.05, 4.69) is 46.7 Å². The Labute approximate surface area is 262 Å². The van der Waals surface area contributed by atoms with Crippen LogP contribution in [-0.2, 0) is 27.3 Å². The molecule has 2 aromatic rings. The molecule has 0 unspecified atom stereocenters. The van der Waals surface area contributed by atoms with Crippen molar-refractivity contribution in [2.24, 2.45) is 5.92 Å². The molecule has 1 saturated carbocycles. The number of nitrogens with one attached hydrogen (secondary N) is 2. The molecular weight excluding hydrogens is 564 g/mol. The van der Waals surface area contributed by atoms with E-state index in [0.29, 0.717) is 19.4 Å². The molecule has 43 heavy (non-hydrogen) atoms. The maximum absolute atomic E-state index is 13.8. The number of benzene rings is 2. The van der Waals surface area contributed by atoms with Crippen molar-refractivity contribution in [2.45, 2.75) is 95.9 Å². The molecule has 2 heterocycles. The molecule has 3 N–H and O–H groups in total. The minimum absolute atomic E-state index is 0. The molecule has 1 aliphatic carbocycles. The van der Waals surface area contributed by atoms with Gasteiger partial charge in [0.25, 0.3) is 0 Å². The highest BCUT2D eigenvalue weighted by Gasteiger charge is 2.55. The van der Waals surface area contributed by atoms with Crippen LogP contribution in [0.2, 0.25) is 0 Å². The highest BCUT2D eigenvalue weighted by Crippen LogP contribution is 2.37.